The molecule has 0 heterocycles. The molecule has 4 heteroatoms. The quantitative estimate of drug-likeness (QED) is 0.897. The summed E-state index contributed by atoms with van der Waals surface area (Å²) in [5, 5.41) is 2.93. The Balaban J connectivity index is 2.16. The highest BCUT2D eigenvalue weighted by atomic mass is 16.5. The van der Waals surface area contributed by atoms with Gasteiger partial charge in [-0.05, 0) is 25.8 Å². The number of hydrogen-bond donors (Lipinski definition) is 1. The lowest BCUT2D eigenvalue weighted by atomic mass is 10.1. The van der Waals surface area contributed by atoms with E-state index in [2.05, 4.69) is 5.32 Å². The number of rotatable bonds is 5. The molecule has 0 bridgehead atoms. The lowest BCUT2D eigenvalue weighted by Gasteiger charge is -2.29. The van der Waals surface area contributed by atoms with E-state index in [0.717, 1.165) is 24.2 Å². The molecular formula is C16H24N2O2. The summed E-state index contributed by atoms with van der Waals surface area (Å²) in [6, 6.07) is 8.30. The molecule has 0 spiro atoms. The minimum Gasteiger partial charge on any atom is -0.496 e. The van der Waals surface area contributed by atoms with Crippen LogP contribution in [0.5, 0.6) is 5.75 Å². The standard InChI is InChI=1S/C16H24N2O2/c1-3-17-16(19)18(14-9-5-6-10-14)12-13-8-4-7-11-15(13)20-2/h4,7-8,11,14H,3,5-6,9-10,12H2,1-2H3,(H,17,19). The van der Waals surface area contributed by atoms with Gasteiger partial charge in [0.1, 0.15) is 5.75 Å². The maximum absolute atomic E-state index is 12.3. The van der Waals surface area contributed by atoms with E-state index in [9.17, 15) is 4.79 Å². The van der Waals surface area contributed by atoms with Crippen LogP contribution in [0, 0.1) is 0 Å². The number of benzene rings is 1. The molecule has 0 aromatic heterocycles. The molecule has 1 fully saturated rings. The first-order valence-electron chi connectivity index (χ1n) is 7.42. The largest absolute Gasteiger partial charge is 0.496 e. The molecule has 1 aromatic rings. The van der Waals surface area contributed by atoms with Crippen LogP contribution in [-0.4, -0.2) is 30.6 Å². The molecule has 4 nitrogen and oxygen atoms in total. The van der Waals surface area contributed by atoms with Gasteiger partial charge in [-0.15, -0.1) is 0 Å². The third kappa shape index (κ3) is 3.44. The number of amides is 2. The second kappa shape index (κ2) is 7.17. The normalized spacial score (nSPS) is 15.1. The summed E-state index contributed by atoms with van der Waals surface area (Å²) in [4.78, 5) is 14.3. The Labute approximate surface area is 121 Å². The molecule has 1 aromatic carbocycles. The van der Waals surface area contributed by atoms with Crippen molar-refractivity contribution in [2.24, 2.45) is 0 Å². The van der Waals surface area contributed by atoms with E-state index in [0.29, 0.717) is 19.1 Å². The minimum absolute atomic E-state index is 0.0327. The summed E-state index contributed by atoms with van der Waals surface area (Å²) in [6.45, 7) is 3.22. The molecule has 1 saturated carbocycles. The summed E-state index contributed by atoms with van der Waals surface area (Å²) in [7, 11) is 1.67. The highest BCUT2D eigenvalue weighted by Gasteiger charge is 2.27. The third-order valence-corrected chi connectivity index (χ3v) is 3.89. The van der Waals surface area contributed by atoms with E-state index < -0.39 is 0 Å². The zero-order valence-electron chi connectivity index (χ0n) is 12.4. The summed E-state index contributed by atoms with van der Waals surface area (Å²) >= 11 is 0. The SMILES string of the molecule is CCNC(=O)N(Cc1ccccc1OC)C1CCCC1. The van der Waals surface area contributed by atoms with E-state index in [1.807, 2.05) is 36.1 Å². The van der Waals surface area contributed by atoms with Crippen LogP contribution in [0.2, 0.25) is 0 Å². The van der Waals surface area contributed by atoms with Crippen molar-refractivity contribution in [1.82, 2.24) is 10.2 Å². The third-order valence-electron chi connectivity index (χ3n) is 3.89. The molecule has 0 aliphatic heterocycles. The summed E-state index contributed by atoms with van der Waals surface area (Å²) in [5.41, 5.74) is 1.06. The van der Waals surface area contributed by atoms with Gasteiger partial charge in [-0.25, -0.2) is 4.79 Å². The van der Waals surface area contributed by atoms with Crippen LogP contribution in [0.4, 0.5) is 4.79 Å². The minimum atomic E-state index is 0.0327. The number of ether oxygens (including phenoxy) is 1. The van der Waals surface area contributed by atoms with Crippen LogP contribution in [0.3, 0.4) is 0 Å². The molecule has 0 radical (unpaired) electrons. The number of hydrogen-bond acceptors (Lipinski definition) is 2. The fourth-order valence-corrected chi connectivity index (χ4v) is 2.85. The molecule has 2 amide bonds. The predicted octanol–water partition coefficient (Wildman–Crippen LogP) is 3.17. The Morgan fingerprint density at radius 1 is 1.35 bits per heavy atom. The molecule has 1 aliphatic rings. The van der Waals surface area contributed by atoms with E-state index in [4.69, 9.17) is 4.74 Å². The lowest BCUT2D eigenvalue weighted by molar-refractivity contribution is 0.171. The smallest absolute Gasteiger partial charge is 0.317 e. The van der Waals surface area contributed by atoms with Crippen LogP contribution < -0.4 is 10.1 Å². The van der Waals surface area contributed by atoms with Crippen molar-refractivity contribution >= 4 is 6.03 Å². The monoisotopic (exact) mass is 276 g/mol. The van der Waals surface area contributed by atoms with Crippen molar-refractivity contribution in [3.8, 4) is 5.75 Å². The number of urea groups is 1. The van der Waals surface area contributed by atoms with Crippen molar-refractivity contribution in [1.29, 1.82) is 0 Å². The van der Waals surface area contributed by atoms with Gasteiger partial charge in [0, 0.05) is 18.2 Å². The highest BCUT2D eigenvalue weighted by Crippen LogP contribution is 2.27. The highest BCUT2D eigenvalue weighted by molar-refractivity contribution is 5.74. The van der Waals surface area contributed by atoms with Gasteiger partial charge < -0.3 is 15.0 Å². The van der Waals surface area contributed by atoms with Gasteiger partial charge in [0.25, 0.3) is 0 Å². The fourth-order valence-electron chi connectivity index (χ4n) is 2.85. The number of nitrogens with one attached hydrogen (secondary N) is 1. The molecular weight excluding hydrogens is 252 g/mol. The Kier molecular flexibility index (Phi) is 5.27. The zero-order chi connectivity index (χ0) is 14.4. The molecule has 2 rings (SSSR count). The topological polar surface area (TPSA) is 41.6 Å². The van der Waals surface area contributed by atoms with Crippen LogP contribution >= 0.6 is 0 Å². The van der Waals surface area contributed by atoms with E-state index in [-0.39, 0.29) is 6.03 Å². The second-order valence-corrected chi connectivity index (χ2v) is 5.21. The maximum atomic E-state index is 12.3. The molecule has 0 saturated heterocycles. The van der Waals surface area contributed by atoms with Gasteiger partial charge in [-0.3, -0.25) is 0 Å². The predicted molar refractivity (Wildman–Crippen MR) is 79.9 cm³/mol. The first-order chi connectivity index (χ1) is 9.76. The van der Waals surface area contributed by atoms with Crippen LogP contribution in [0.25, 0.3) is 0 Å². The van der Waals surface area contributed by atoms with E-state index >= 15 is 0 Å². The molecule has 1 N–H and O–H groups in total. The van der Waals surface area contributed by atoms with Crippen molar-refractivity contribution in [2.45, 2.75) is 45.2 Å². The molecule has 110 valence electrons. The van der Waals surface area contributed by atoms with Crippen LogP contribution in [0.1, 0.15) is 38.2 Å². The summed E-state index contributed by atoms with van der Waals surface area (Å²) in [5.74, 6) is 0.847. The Bertz CT molecular complexity index is 442. The van der Waals surface area contributed by atoms with Gasteiger partial charge >= 0.3 is 6.03 Å². The number of methoxy groups -OCH3 is 1. The number of carbonyl (C=O) groups excluding carboxylic acids is 1. The van der Waals surface area contributed by atoms with E-state index in [1.54, 1.807) is 7.11 Å². The van der Waals surface area contributed by atoms with Crippen molar-refractivity contribution in [3.63, 3.8) is 0 Å². The average molecular weight is 276 g/mol. The fraction of sp³-hybridized carbons (Fsp3) is 0.562. The van der Waals surface area contributed by atoms with Gasteiger partial charge in [0.05, 0.1) is 13.7 Å². The first-order valence-corrected chi connectivity index (χ1v) is 7.42. The number of para-hydroxylation sites is 1. The first kappa shape index (κ1) is 14.7. The zero-order valence-corrected chi connectivity index (χ0v) is 12.4. The Morgan fingerprint density at radius 2 is 2.05 bits per heavy atom. The van der Waals surface area contributed by atoms with Gasteiger partial charge in [-0.2, -0.15) is 0 Å². The number of carbonyl (C=O) groups is 1. The van der Waals surface area contributed by atoms with Crippen molar-refractivity contribution in [3.05, 3.63) is 29.8 Å². The molecule has 20 heavy (non-hydrogen) atoms. The van der Waals surface area contributed by atoms with Crippen LogP contribution in [0.15, 0.2) is 24.3 Å². The molecule has 0 atom stereocenters. The lowest BCUT2D eigenvalue weighted by Crippen LogP contribution is -2.44. The van der Waals surface area contributed by atoms with Crippen molar-refractivity contribution < 1.29 is 9.53 Å². The Morgan fingerprint density at radius 3 is 2.70 bits per heavy atom. The van der Waals surface area contributed by atoms with Gasteiger partial charge in [0.2, 0.25) is 0 Å². The number of nitrogens with zero attached hydrogens (tertiary/aromatic N) is 1. The van der Waals surface area contributed by atoms with Gasteiger partial charge in [0.15, 0.2) is 0 Å². The summed E-state index contributed by atoms with van der Waals surface area (Å²) in [6.07, 6.45) is 4.64. The maximum Gasteiger partial charge on any atom is 0.317 e. The molecule has 0 unspecified atom stereocenters. The van der Waals surface area contributed by atoms with Crippen LogP contribution in [-0.2, 0) is 6.54 Å². The van der Waals surface area contributed by atoms with Crippen molar-refractivity contribution in [2.75, 3.05) is 13.7 Å². The second-order valence-electron chi connectivity index (χ2n) is 5.21. The van der Waals surface area contributed by atoms with E-state index in [1.165, 1.54) is 12.8 Å². The van der Waals surface area contributed by atoms with Gasteiger partial charge in [-0.1, -0.05) is 31.0 Å². The summed E-state index contributed by atoms with van der Waals surface area (Å²) < 4.78 is 5.39. The molecule has 1 aliphatic carbocycles. The average Bonchev–Trinajstić information content (AvgIpc) is 2.99. The Hall–Kier alpha value is -1.71.